The maximum atomic E-state index is 11.9. The van der Waals surface area contributed by atoms with Gasteiger partial charge in [0, 0.05) is 10.3 Å². The lowest BCUT2D eigenvalue weighted by Crippen LogP contribution is -2.12. The molecule has 2 heterocycles. The second-order valence-electron chi connectivity index (χ2n) is 6.10. The van der Waals surface area contributed by atoms with Crippen LogP contribution in [-0.4, -0.2) is 23.6 Å². The SMILES string of the molecule is CC.CCOC(=O)c1cc2ccc(CC3=NNC(c4ccc(O)cc4)O3)cc2s1. The van der Waals surface area contributed by atoms with E-state index in [1.54, 1.807) is 31.2 Å². The number of carbonyl (C=O) groups is 1. The van der Waals surface area contributed by atoms with E-state index in [4.69, 9.17) is 9.47 Å². The van der Waals surface area contributed by atoms with Gasteiger partial charge in [-0.05, 0) is 54.3 Å². The minimum absolute atomic E-state index is 0.212. The molecule has 7 heteroatoms. The standard InChI is InChI=1S/C20H18N2O4S.C2H6/c1-2-25-20(24)17-11-14-4-3-12(9-16(14)27-17)10-18-21-22-19(26-18)13-5-7-15(23)8-6-13;1-2/h3-9,11,19,22-23H,2,10H2,1H3;1-2H3. The van der Waals surface area contributed by atoms with Crippen molar-refractivity contribution in [1.29, 1.82) is 0 Å². The number of carbonyl (C=O) groups excluding carboxylic acids is 1. The van der Waals surface area contributed by atoms with E-state index in [0.717, 1.165) is 21.2 Å². The van der Waals surface area contributed by atoms with Crippen LogP contribution in [0.25, 0.3) is 10.1 Å². The summed E-state index contributed by atoms with van der Waals surface area (Å²) in [4.78, 5) is 12.5. The summed E-state index contributed by atoms with van der Waals surface area (Å²) < 4.78 is 12.0. The maximum Gasteiger partial charge on any atom is 0.348 e. The maximum absolute atomic E-state index is 11.9. The molecule has 0 spiro atoms. The van der Waals surface area contributed by atoms with Crippen molar-refractivity contribution in [2.24, 2.45) is 5.10 Å². The highest BCUT2D eigenvalue weighted by Gasteiger charge is 2.21. The lowest BCUT2D eigenvalue weighted by Gasteiger charge is -2.11. The minimum Gasteiger partial charge on any atom is -0.508 e. The lowest BCUT2D eigenvalue weighted by atomic mass is 10.1. The van der Waals surface area contributed by atoms with Crippen molar-refractivity contribution in [1.82, 2.24) is 5.43 Å². The largest absolute Gasteiger partial charge is 0.508 e. The van der Waals surface area contributed by atoms with Crippen LogP contribution in [0.15, 0.2) is 53.6 Å². The zero-order valence-electron chi connectivity index (χ0n) is 16.6. The minimum atomic E-state index is -0.360. The number of ether oxygens (including phenoxy) is 2. The van der Waals surface area contributed by atoms with Gasteiger partial charge in [-0.3, -0.25) is 5.43 Å². The third kappa shape index (κ3) is 4.86. The molecule has 4 rings (SSSR count). The third-order valence-electron chi connectivity index (χ3n) is 4.17. The molecule has 0 bridgehead atoms. The van der Waals surface area contributed by atoms with Gasteiger partial charge in [0.2, 0.25) is 12.1 Å². The van der Waals surface area contributed by atoms with E-state index in [2.05, 4.69) is 10.5 Å². The number of fused-ring (bicyclic) bond motifs is 1. The number of esters is 1. The zero-order chi connectivity index (χ0) is 20.8. The summed E-state index contributed by atoms with van der Waals surface area (Å²) in [5.41, 5.74) is 4.89. The monoisotopic (exact) mass is 412 g/mol. The Morgan fingerprint density at radius 2 is 1.97 bits per heavy atom. The number of nitrogens with zero attached hydrogens (tertiary/aromatic N) is 1. The summed E-state index contributed by atoms with van der Waals surface area (Å²) in [6.07, 6.45) is 0.186. The van der Waals surface area contributed by atoms with Gasteiger partial charge in [0.15, 0.2) is 0 Å². The molecular formula is C22H24N2O4S. The summed E-state index contributed by atoms with van der Waals surface area (Å²) in [7, 11) is 0. The molecule has 152 valence electrons. The molecule has 0 aliphatic carbocycles. The molecule has 1 atom stereocenters. The number of benzene rings is 2. The Bertz CT molecular complexity index is 1010. The molecule has 0 saturated carbocycles. The number of phenolic OH excluding ortho intramolecular Hbond substituents is 1. The first-order valence-electron chi connectivity index (χ1n) is 9.59. The number of hydrogen-bond acceptors (Lipinski definition) is 7. The van der Waals surface area contributed by atoms with Gasteiger partial charge in [0.25, 0.3) is 0 Å². The van der Waals surface area contributed by atoms with E-state index in [-0.39, 0.29) is 17.9 Å². The molecule has 1 aromatic heterocycles. The van der Waals surface area contributed by atoms with Crippen LogP contribution in [0.3, 0.4) is 0 Å². The smallest absolute Gasteiger partial charge is 0.348 e. The van der Waals surface area contributed by atoms with Gasteiger partial charge >= 0.3 is 5.97 Å². The normalized spacial score (nSPS) is 15.0. The number of hydrogen-bond donors (Lipinski definition) is 2. The van der Waals surface area contributed by atoms with Gasteiger partial charge in [-0.1, -0.05) is 26.0 Å². The number of aromatic hydroxyl groups is 1. The highest BCUT2D eigenvalue weighted by molar-refractivity contribution is 7.20. The quantitative estimate of drug-likeness (QED) is 0.578. The van der Waals surface area contributed by atoms with Crippen LogP contribution in [0.1, 0.15) is 47.8 Å². The highest BCUT2D eigenvalue weighted by atomic mass is 32.1. The average Bonchev–Trinajstić information content (AvgIpc) is 3.37. The average molecular weight is 413 g/mol. The van der Waals surface area contributed by atoms with Crippen LogP contribution in [0, 0.1) is 0 Å². The lowest BCUT2D eigenvalue weighted by molar-refractivity contribution is 0.0532. The van der Waals surface area contributed by atoms with Crippen LogP contribution in [0.4, 0.5) is 0 Å². The Morgan fingerprint density at radius 1 is 1.21 bits per heavy atom. The predicted octanol–water partition coefficient (Wildman–Crippen LogP) is 4.98. The summed E-state index contributed by atoms with van der Waals surface area (Å²) >= 11 is 1.42. The fourth-order valence-corrected chi connectivity index (χ4v) is 3.88. The summed E-state index contributed by atoms with van der Waals surface area (Å²) in [6, 6.07) is 14.7. The van der Waals surface area contributed by atoms with E-state index < -0.39 is 0 Å². The molecule has 0 amide bonds. The molecule has 1 aliphatic rings. The van der Waals surface area contributed by atoms with Gasteiger partial charge < -0.3 is 14.6 Å². The van der Waals surface area contributed by atoms with Crippen molar-refractivity contribution in [3.05, 3.63) is 64.5 Å². The van der Waals surface area contributed by atoms with E-state index in [1.807, 2.05) is 38.1 Å². The fourth-order valence-electron chi connectivity index (χ4n) is 2.86. The third-order valence-corrected chi connectivity index (χ3v) is 5.25. The number of hydrazone groups is 1. The molecule has 0 fully saturated rings. The fraction of sp³-hybridized carbons (Fsp3) is 0.273. The molecule has 29 heavy (non-hydrogen) atoms. The molecule has 0 saturated heterocycles. The van der Waals surface area contributed by atoms with Crippen LogP contribution in [-0.2, 0) is 15.9 Å². The molecule has 0 radical (unpaired) electrons. The second kappa shape index (κ2) is 9.43. The van der Waals surface area contributed by atoms with Crippen LogP contribution >= 0.6 is 11.3 Å². The Hall–Kier alpha value is -3.06. The summed E-state index contributed by atoms with van der Waals surface area (Å²) in [5, 5.41) is 14.7. The van der Waals surface area contributed by atoms with Crippen molar-refractivity contribution in [3.63, 3.8) is 0 Å². The first kappa shape index (κ1) is 20.7. The molecule has 3 aromatic rings. The van der Waals surface area contributed by atoms with Crippen molar-refractivity contribution >= 4 is 33.3 Å². The highest BCUT2D eigenvalue weighted by Crippen LogP contribution is 2.28. The van der Waals surface area contributed by atoms with Gasteiger partial charge in [0.1, 0.15) is 10.6 Å². The molecule has 1 aliphatic heterocycles. The number of thiophene rings is 1. The van der Waals surface area contributed by atoms with E-state index >= 15 is 0 Å². The van der Waals surface area contributed by atoms with Gasteiger partial charge in [-0.2, -0.15) is 0 Å². The van der Waals surface area contributed by atoms with Crippen LogP contribution in [0.5, 0.6) is 5.75 Å². The zero-order valence-corrected chi connectivity index (χ0v) is 17.5. The number of nitrogens with one attached hydrogen (secondary N) is 1. The van der Waals surface area contributed by atoms with Crippen molar-refractivity contribution in [3.8, 4) is 5.75 Å². The van der Waals surface area contributed by atoms with Crippen molar-refractivity contribution in [2.75, 3.05) is 6.61 Å². The second-order valence-corrected chi connectivity index (χ2v) is 7.19. The molecule has 1 unspecified atom stereocenters. The Labute approximate surface area is 173 Å². The first-order chi connectivity index (χ1) is 14.1. The predicted molar refractivity (Wildman–Crippen MR) is 115 cm³/mol. The number of rotatable bonds is 5. The van der Waals surface area contributed by atoms with E-state index in [9.17, 15) is 9.90 Å². The Kier molecular flexibility index (Phi) is 6.72. The summed E-state index contributed by atoms with van der Waals surface area (Å²) in [5.74, 6) is 0.517. The molecule has 6 nitrogen and oxygen atoms in total. The Balaban J connectivity index is 0.00000117. The molecule has 2 aromatic carbocycles. The van der Waals surface area contributed by atoms with Gasteiger partial charge in [-0.15, -0.1) is 16.4 Å². The van der Waals surface area contributed by atoms with Crippen LogP contribution in [0.2, 0.25) is 0 Å². The van der Waals surface area contributed by atoms with E-state index in [0.29, 0.717) is 23.8 Å². The molecule has 2 N–H and O–H groups in total. The van der Waals surface area contributed by atoms with E-state index in [1.165, 1.54) is 11.3 Å². The summed E-state index contributed by atoms with van der Waals surface area (Å²) in [6.45, 7) is 6.16. The topological polar surface area (TPSA) is 80.2 Å². The van der Waals surface area contributed by atoms with Crippen molar-refractivity contribution < 1.29 is 19.4 Å². The molecular weight excluding hydrogens is 388 g/mol. The van der Waals surface area contributed by atoms with Crippen LogP contribution < -0.4 is 5.43 Å². The Morgan fingerprint density at radius 3 is 2.69 bits per heavy atom. The van der Waals surface area contributed by atoms with Crippen molar-refractivity contribution in [2.45, 2.75) is 33.4 Å². The van der Waals surface area contributed by atoms with Gasteiger partial charge in [0.05, 0.1) is 13.0 Å². The number of phenols is 1. The first-order valence-corrected chi connectivity index (χ1v) is 10.4. The van der Waals surface area contributed by atoms with Gasteiger partial charge in [-0.25, -0.2) is 4.79 Å².